The quantitative estimate of drug-likeness (QED) is 0.496. The maximum absolute atomic E-state index is 13.2. The van der Waals surface area contributed by atoms with Crippen molar-refractivity contribution in [2.45, 2.75) is 65.1 Å². The van der Waals surface area contributed by atoms with Gasteiger partial charge >= 0.3 is 0 Å². The van der Waals surface area contributed by atoms with Crippen molar-refractivity contribution in [1.82, 2.24) is 9.80 Å². The van der Waals surface area contributed by atoms with E-state index < -0.39 is 0 Å². The first-order chi connectivity index (χ1) is 16.7. The molecule has 1 fully saturated rings. The fourth-order valence-corrected chi connectivity index (χ4v) is 5.53. The molecule has 0 bridgehead atoms. The van der Waals surface area contributed by atoms with E-state index in [-0.39, 0.29) is 36.4 Å². The Balaban J connectivity index is 0.00000361. The van der Waals surface area contributed by atoms with Crippen molar-refractivity contribution in [3.63, 3.8) is 0 Å². The molecule has 2 unspecified atom stereocenters. The highest BCUT2D eigenvalue weighted by Crippen LogP contribution is 2.42. The van der Waals surface area contributed by atoms with Gasteiger partial charge in [-0.3, -0.25) is 9.79 Å². The number of likely N-dealkylation sites (tertiary alicyclic amines) is 1. The van der Waals surface area contributed by atoms with Gasteiger partial charge in [-0.1, -0.05) is 12.1 Å². The normalized spacial score (nSPS) is 19.2. The van der Waals surface area contributed by atoms with Crippen LogP contribution in [0.15, 0.2) is 41.4 Å². The number of carbonyl (C=O) groups excluding carboxylic acids is 1. The van der Waals surface area contributed by atoms with Gasteiger partial charge in [-0.25, -0.2) is 0 Å². The molecule has 0 N–H and O–H groups in total. The number of amides is 1. The molecule has 0 aliphatic carbocycles. The molecule has 2 aliphatic heterocycles. The Morgan fingerprint density at radius 1 is 1.11 bits per heavy atom. The molecule has 36 heavy (non-hydrogen) atoms. The zero-order valence-corrected chi connectivity index (χ0v) is 23.4. The van der Waals surface area contributed by atoms with Crippen LogP contribution in [-0.4, -0.2) is 73.4 Å². The Morgan fingerprint density at radius 2 is 1.78 bits per heavy atom. The van der Waals surface area contributed by atoms with Crippen LogP contribution in [0, 0.1) is 0 Å². The van der Waals surface area contributed by atoms with Crippen LogP contribution in [-0.2, 0) is 0 Å². The smallest absolute Gasteiger partial charge is 0.254 e. The number of methoxy groups -OCH3 is 1. The van der Waals surface area contributed by atoms with E-state index in [2.05, 4.69) is 51.8 Å². The first-order valence-electron chi connectivity index (χ1n) is 12.8. The lowest BCUT2D eigenvalue weighted by Crippen LogP contribution is -2.42. The predicted octanol–water partition coefficient (Wildman–Crippen LogP) is 5.41. The van der Waals surface area contributed by atoms with E-state index in [0.717, 1.165) is 47.8 Å². The highest BCUT2D eigenvalue weighted by atomic mass is 35.5. The van der Waals surface area contributed by atoms with Crippen LogP contribution < -0.4 is 9.47 Å². The van der Waals surface area contributed by atoms with Crippen LogP contribution in [0.3, 0.4) is 0 Å². The molecule has 2 aromatic carbocycles. The summed E-state index contributed by atoms with van der Waals surface area (Å²) >= 11 is 0. The summed E-state index contributed by atoms with van der Waals surface area (Å²) < 4.78 is 11.6. The Morgan fingerprint density at radius 3 is 2.36 bits per heavy atom. The molecule has 7 heteroatoms. The Bertz CT molecular complexity index is 1090. The summed E-state index contributed by atoms with van der Waals surface area (Å²) in [6.45, 7) is 12.8. The van der Waals surface area contributed by atoms with Crippen LogP contribution in [0.1, 0.15) is 74.0 Å². The maximum atomic E-state index is 13.2. The first-order valence-corrected chi connectivity index (χ1v) is 12.8. The van der Waals surface area contributed by atoms with Crippen molar-refractivity contribution >= 4 is 24.0 Å². The van der Waals surface area contributed by atoms with Crippen LogP contribution in [0.2, 0.25) is 0 Å². The maximum Gasteiger partial charge on any atom is 0.254 e. The number of halogens is 1. The minimum absolute atomic E-state index is 0. The zero-order valence-electron chi connectivity index (χ0n) is 22.6. The summed E-state index contributed by atoms with van der Waals surface area (Å²) in [5, 5.41) is 0. The average molecular weight is 514 g/mol. The molecule has 2 atom stereocenters. The fraction of sp³-hybridized carbons (Fsp3) is 0.517. The number of hydrogen-bond acceptors (Lipinski definition) is 5. The van der Waals surface area contributed by atoms with Crippen molar-refractivity contribution in [2.24, 2.45) is 4.99 Å². The van der Waals surface area contributed by atoms with Crippen molar-refractivity contribution in [2.75, 3.05) is 33.9 Å². The number of aliphatic imine (C=N–C) groups is 1. The van der Waals surface area contributed by atoms with Gasteiger partial charge < -0.3 is 19.3 Å². The topological polar surface area (TPSA) is 54.4 Å². The van der Waals surface area contributed by atoms with E-state index in [9.17, 15) is 4.79 Å². The molecule has 4 rings (SSSR count). The third-order valence-corrected chi connectivity index (χ3v) is 7.12. The van der Waals surface area contributed by atoms with Gasteiger partial charge in [0.2, 0.25) is 0 Å². The molecule has 1 amide bonds. The number of ether oxygens (including phenoxy) is 2. The number of likely N-dealkylation sites (N-methyl/N-ethyl adjacent to an activating group) is 1. The lowest BCUT2D eigenvalue weighted by atomic mass is 9.79. The second-order valence-electron chi connectivity index (χ2n) is 10.2. The summed E-state index contributed by atoms with van der Waals surface area (Å²) in [5.74, 6) is 1.89. The molecular weight excluding hydrogens is 474 g/mol. The van der Waals surface area contributed by atoms with Gasteiger partial charge in [-0.15, -0.1) is 12.4 Å². The first kappa shape index (κ1) is 28.0. The lowest BCUT2D eigenvalue weighted by molar-refractivity contribution is 0.0643. The van der Waals surface area contributed by atoms with Gasteiger partial charge in [-0.05, 0) is 84.5 Å². The van der Waals surface area contributed by atoms with E-state index in [1.807, 2.05) is 36.1 Å². The number of benzene rings is 2. The number of carbonyl (C=O) groups is 1. The Hall–Kier alpha value is -2.57. The van der Waals surface area contributed by atoms with E-state index in [1.54, 1.807) is 7.11 Å². The van der Waals surface area contributed by atoms with Gasteiger partial charge in [0.05, 0.1) is 25.5 Å². The van der Waals surface area contributed by atoms with Gasteiger partial charge in [-0.2, -0.15) is 0 Å². The van der Waals surface area contributed by atoms with Crippen molar-refractivity contribution < 1.29 is 14.3 Å². The van der Waals surface area contributed by atoms with Crippen LogP contribution in [0.5, 0.6) is 11.5 Å². The van der Waals surface area contributed by atoms with Gasteiger partial charge in [0.15, 0.2) is 11.5 Å². The molecule has 2 aliphatic rings. The summed E-state index contributed by atoms with van der Waals surface area (Å²) in [4.78, 5) is 22.7. The molecule has 0 radical (unpaired) electrons. The van der Waals surface area contributed by atoms with Crippen molar-refractivity contribution in [3.05, 3.63) is 58.7 Å². The van der Waals surface area contributed by atoms with Crippen LogP contribution >= 0.6 is 12.4 Å². The number of nitrogens with zero attached hydrogens (tertiary/aromatic N) is 3. The third-order valence-electron chi connectivity index (χ3n) is 7.12. The van der Waals surface area contributed by atoms with E-state index in [0.29, 0.717) is 18.1 Å². The highest BCUT2D eigenvalue weighted by molar-refractivity contribution is 6.15. The number of piperidine rings is 1. The summed E-state index contributed by atoms with van der Waals surface area (Å²) in [6, 6.07) is 12.7. The number of hydrogen-bond donors (Lipinski definition) is 0. The van der Waals surface area contributed by atoms with Crippen LogP contribution in [0.4, 0.5) is 0 Å². The number of fused-ring (bicyclic) bond motifs is 3. The van der Waals surface area contributed by atoms with Gasteiger partial charge in [0, 0.05) is 41.2 Å². The average Bonchev–Trinajstić information content (AvgIpc) is 2.83. The van der Waals surface area contributed by atoms with Crippen LogP contribution in [0.25, 0.3) is 0 Å². The Kier molecular flexibility index (Phi) is 9.07. The molecule has 0 spiro atoms. The zero-order chi connectivity index (χ0) is 25.3. The SMILES string of the molecule is CCOc1cc2c(cc1OC)C(c1ccc(C(=O)N(C(C)C)C(C)C)cc1)=NC1CCN(C)CC21.Cl. The molecule has 2 aromatic rings. The lowest BCUT2D eigenvalue weighted by Gasteiger charge is -2.39. The molecule has 1 saturated heterocycles. The molecule has 2 heterocycles. The predicted molar refractivity (Wildman–Crippen MR) is 149 cm³/mol. The van der Waals surface area contributed by atoms with Gasteiger partial charge in [0.1, 0.15) is 0 Å². The monoisotopic (exact) mass is 513 g/mol. The second kappa shape index (κ2) is 11.7. The summed E-state index contributed by atoms with van der Waals surface area (Å²) in [6.07, 6.45) is 1.02. The minimum Gasteiger partial charge on any atom is -0.493 e. The number of rotatable bonds is 7. The second-order valence-corrected chi connectivity index (χ2v) is 10.2. The summed E-state index contributed by atoms with van der Waals surface area (Å²) in [5.41, 5.74) is 5.05. The van der Waals surface area contributed by atoms with Crippen molar-refractivity contribution in [1.29, 1.82) is 0 Å². The fourth-order valence-electron chi connectivity index (χ4n) is 5.53. The largest absolute Gasteiger partial charge is 0.493 e. The third kappa shape index (κ3) is 5.40. The molecule has 0 aromatic heterocycles. The molecule has 196 valence electrons. The van der Waals surface area contributed by atoms with E-state index >= 15 is 0 Å². The van der Waals surface area contributed by atoms with Gasteiger partial charge in [0.25, 0.3) is 5.91 Å². The van der Waals surface area contributed by atoms with Crippen molar-refractivity contribution in [3.8, 4) is 11.5 Å². The Labute approximate surface area is 222 Å². The molecule has 6 nitrogen and oxygen atoms in total. The highest BCUT2D eigenvalue weighted by Gasteiger charge is 2.36. The van der Waals surface area contributed by atoms with E-state index in [4.69, 9.17) is 14.5 Å². The summed E-state index contributed by atoms with van der Waals surface area (Å²) in [7, 11) is 3.85. The van der Waals surface area contributed by atoms with E-state index in [1.165, 1.54) is 5.56 Å². The molecule has 0 saturated carbocycles. The molecular formula is C29H40ClN3O3. The minimum atomic E-state index is 0. The standard InChI is InChI=1S/C29H39N3O3.ClH/c1-8-35-27-15-22-23(16-26(27)34-7)28(30-25-13-14-31(6)17-24(22)25)20-9-11-21(12-10-20)29(33)32(18(2)3)19(4)5;/h9-12,15-16,18-19,24-25H,8,13-14,17H2,1-7H3;1H.